The molecule has 0 aliphatic carbocycles. The minimum atomic E-state index is -3.82. The minimum Gasteiger partial charge on any atom is -0.492 e. The number of hydrogen-bond donors (Lipinski definition) is 1. The fourth-order valence-electron chi connectivity index (χ4n) is 2.07. The van der Waals surface area contributed by atoms with Crippen LogP contribution in [0.25, 0.3) is 0 Å². The summed E-state index contributed by atoms with van der Waals surface area (Å²) in [5, 5.41) is 10.7. The Bertz CT molecular complexity index is 849. The van der Waals surface area contributed by atoms with E-state index in [9.17, 15) is 18.5 Å². The zero-order chi connectivity index (χ0) is 17.7. The smallest absolute Gasteiger partial charge is 0.270 e. The van der Waals surface area contributed by atoms with Gasteiger partial charge in [0.2, 0.25) is 10.0 Å². The molecule has 2 aromatic carbocycles. The normalized spacial score (nSPS) is 11.2. The zero-order valence-corrected chi connectivity index (χ0v) is 14.2. The van der Waals surface area contributed by atoms with Crippen molar-refractivity contribution in [2.45, 2.75) is 18.7 Å². The first kappa shape index (κ1) is 17.9. The average molecular weight is 350 g/mol. The Morgan fingerprint density at radius 1 is 1.17 bits per heavy atom. The Labute approximate surface area is 140 Å². The van der Waals surface area contributed by atoms with E-state index in [4.69, 9.17) is 4.74 Å². The number of ether oxygens (including phenoxy) is 1. The van der Waals surface area contributed by atoms with Gasteiger partial charge in [-0.15, -0.1) is 0 Å². The Hall–Kier alpha value is -2.45. The molecule has 2 rings (SSSR count). The van der Waals surface area contributed by atoms with Gasteiger partial charge in [0.15, 0.2) is 0 Å². The standard InChI is InChI=1S/C16H18N2O5S/c1-12-5-3-8-16(13(12)2)23-10-9-17-24(21,22)15-7-4-6-14(11-15)18(19)20/h3-8,11,17H,9-10H2,1-2H3. The van der Waals surface area contributed by atoms with Crippen LogP contribution in [-0.2, 0) is 10.0 Å². The number of nitrogens with zero attached hydrogens (tertiary/aromatic N) is 1. The maximum absolute atomic E-state index is 12.2. The van der Waals surface area contributed by atoms with Crippen molar-refractivity contribution >= 4 is 15.7 Å². The second kappa shape index (κ2) is 7.41. The summed E-state index contributed by atoms with van der Waals surface area (Å²) in [5.74, 6) is 0.699. The van der Waals surface area contributed by atoms with Gasteiger partial charge in [-0.2, -0.15) is 0 Å². The number of nitrogens with one attached hydrogen (secondary N) is 1. The Morgan fingerprint density at radius 2 is 1.88 bits per heavy atom. The highest BCUT2D eigenvalue weighted by atomic mass is 32.2. The lowest BCUT2D eigenvalue weighted by molar-refractivity contribution is -0.385. The maximum Gasteiger partial charge on any atom is 0.270 e. The highest BCUT2D eigenvalue weighted by molar-refractivity contribution is 7.89. The molecule has 0 amide bonds. The van der Waals surface area contributed by atoms with E-state index in [-0.39, 0.29) is 23.7 Å². The molecule has 2 aromatic rings. The van der Waals surface area contributed by atoms with E-state index in [0.29, 0.717) is 5.75 Å². The van der Waals surface area contributed by atoms with Gasteiger partial charge in [0.1, 0.15) is 12.4 Å². The van der Waals surface area contributed by atoms with Crippen LogP contribution in [0, 0.1) is 24.0 Å². The van der Waals surface area contributed by atoms with E-state index in [2.05, 4.69) is 4.72 Å². The van der Waals surface area contributed by atoms with Crippen LogP contribution in [0.4, 0.5) is 5.69 Å². The molecule has 0 bridgehead atoms. The summed E-state index contributed by atoms with van der Waals surface area (Å²) >= 11 is 0. The first-order valence-electron chi connectivity index (χ1n) is 7.24. The number of benzene rings is 2. The van der Waals surface area contributed by atoms with Crippen LogP contribution in [0.3, 0.4) is 0 Å². The molecular weight excluding hydrogens is 332 g/mol. The fourth-order valence-corrected chi connectivity index (χ4v) is 3.12. The highest BCUT2D eigenvalue weighted by Crippen LogP contribution is 2.20. The Morgan fingerprint density at radius 3 is 2.58 bits per heavy atom. The van der Waals surface area contributed by atoms with Crippen molar-refractivity contribution in [2.24, 2.45) is 0 Å². The molecule has 0 fully saturated rings. The molecular formula is C16H18N2O5S. The van der Waals surface area contributed by atoms with E-state index in [1.54, 1.807) is 0 Å². The summed E-state index contributed by atoms with van der Waals surface area (Å²) in [6, 6.07) is 10.5. The van der Waals surface area contributed by atoms with Gasteiger partial charge in [-0.1, -0.05) is 18.2 Å². The Balaban J connectivity index is 1.97. The third-order valence-electron chi connectivity index (χ3n) is 3.55. The van der Waals surface area contributed by atoms with Gasteiger partial charge < -0.3 is 4.74 Å². The number of non-ortho nitro benzene ring substituents is 1. The van der Waals surface area contributed by atoms with Gasteiger partial charge in [0.25, 0.3) is 5.69 Å². The molecule has 0 saturated heterocycles. The predicted octanol–water partition coefficient (Wildman–Crippen LogP) is 2.57. The lowest BCUT2D eigenvalue weighted by Gasteiger charge is -2.11. The molecule has 0 aliphatic rings. The van der Waals surface area contributed by atoms with Crippen molar-refractivity contribution in [3.05, 3.63) is 63.7 Å². The van der Waals surface area contributed by atoms with E-state index < -0.39 is 14.9 Å². The minimum absolute atomic E-state index is 0.0540. The van der Waals surface area contributed by atoms with Crippen LogP contribution in [0.5, 0.6) is 5.75 Å². The molecule has 1 N–H and O–H groups in total. The molecule has 0 aromatic heterocycles. The van der Waals surface area contributed by atoms with Crippen molar-refractivity contribution in [3.63, 3.8) is 0 Å². The number of rotatable bonds is 7. The lowest BCUT2D eigenvalue weighted by Crippen LogP contribution is -2.28. The van der Waals surface area contributed by atoms with Crippen molar-refractivity contribution in [1.29, 1.82) is 0 Å². The van der Waals surface area contributed by atoms with Crippen LogP contribution in [-0.4, -0.2) is 26.5 Å². The van der Waals surface area contributed by atoms with Gasteiger partial charge in [-0.05, 0) is 37.1 Å². The summed E-state index contributed by atoms with van der Waals surface area (Å²) in [5.41, 5.74) is 1.81. The van der Waals surface area contributed by atoms with Crippen molar-refractivity contribution in [2.75, 3.05) is 13.2 Å². The summed E-state index contributed by atoms with van der Waals surface area (Å²) in [4.78, 5) is 9.94. The maximum atomic E-state index is 12.2. The highest BCUT2D eigenvalue weighted by Gasteiger charge is 2.17. The van der Waals surface area contributed by atoms with Crippen LogP contribution in [0.15, 0.2) is 47.4 Å². The average Bonchev–Trinajstić information content (AvgIpc) is 2.55. The molecule has 0 saturated carbocycles. The second-order valence-corrected chi connectivity index (χ2v) is 6.97. The number of nitro benzene ring substituents is 1. The number of aryl methyl sites for hydroxylation is 1. The largest absolute Gasteiger partial charge is 0.492 e. The summed E-state index contributed by atoms with van der Waals surface area (Å²) in [6.45, 7) is 4.10. The van der Waals surface area contributed by atoms with Crippen LogP contribution < -0.4 is 9.46 Å². The van der Waals surface area contributed by atoms with Crippen molar-refractivity contribution in [1.82, 2.24) is 4.72 Å². The SMILES string of the molecule is Cc1cccc(OCCNS(=O)(=O)c2cccc([N+](=O)[O-])c2)c1C. The summed E-state index contributed by atoms with van der Waals surface area (Å²) < 4.78 is 32.2. The lowest BCUT2D eigenvalue weighted by atomic mass is 10.1. The van der Waals surface area contributed by atoms with E-state index in [0.717, 1.165) is 17.2 Å². The first-order chi connectivity index (χ1) is 11.3. The number of nitro groups is 1. The van der Waals surface area contributed by atoms with E-state index in [1.807, 2.05) is 32.0 Å². The molecule has 0 radical (unpaired) electrons. The van der Waals surface area contributed by atoms with Crippen LogP contribution in [0.1, 0.15) is 11.1 Å². The summed E-state index contributed by atoms with van der Waals surface area (Å²) in [7, 11) is -3.82. The van der Waals surface area contributed by atoms with Gasteiger partial charge in [-0.3, -0.25) is 10.1 Å². The van der Waals surface area contributed by atoms with Gasteiger partial charge in [0, 0.05) is 18.7 Å². The zero-order valence-electron chi connectivity index (χ0n) is 13.4. The molecule has 0 spiro atoms. The third kappa shape index (κ3) is 4.30. The monoisotopic (exact) mass is 350 g/mol. The van der Waals surface area contributed by atoms with Gasteiger partial charge >= 0.3 is 0 Å². The van der Waals surface area contributed by atoms with Gasteiger partial charge in [-0.25, -0.2) is 13.1 Å². The topological polar surface area (TPSA) is 98.5 Å². The summed E-state index contributed by atoms with van der Waals surface area (Å²) in [6.07, 6.45) is 0. The third-order valence-corrected chi connectivity index (χ3v) is 5.00. The molecule has 24 heavy (non-hydrogen) atoms. The van der Waals surface area contributed by atoms with E-state index >= 15 is 0 Å². The molecule has 0 aliphatic heterocycles. The molecule has 7 nitrogen and oxygen atoms in total. The van der Waals surface area contributed by atoms with E-state index in [1.165, 1.54) is 18.2 Å². The molecule has 0 unspecified atom stereocenters. The second-order valence-electron chi connectivity index (χ2n) is 5.20. The number of hydrogen-bond acceptors (Lipinski definition) is 5. The van der Waals surface area contributed by atoms with Gasteiger partial charge in [0.05, 0.1) is 9.82 Å². The van der Waals surface area contributed by atoms with Crippen LogP contribution in [0.2, 0.25) is 0 Å². The van der Waals surface area contributed by atoms with Crippen molar-refractivity contribution in [3.8, 4) is 5.75 Å². The molecule has 0 atom stereocenters. The van der Waals surface area contributed by atoms with Crippen molar-refractivity contribution < 1.29 is 18.1 Å². The number of sulfonamides is 1. The molecule has 0 heterocycles. The molecule has 8 heteroatoms. The first-order valence-corrected chi connectivity index (χ1v) is 8.73. The quantitative estimate of drug-likeness (QED) is 0.470. The predicted molar refractivity (Wildman–Crippen MR) is 89.7 cm³/mol. The van der Waals surface area contributed by atoms with Crippen LogP contribution >= 0.6 is 0 Å². The fraction of sp³-hybridized carbons (Fsp3) is 0.250. The Kier molecular flexibility index (Phi) is 5.53. The molecule has 128 valence electrons.